The van der Waals surface area contributed by atoms with Gasteiger partial charge in [0.15, 0.2) is 5.69 Å². The Bertz CT molecular complexity index is 1740. The Kier molecular flexibility index (Phi) is 7.79. The molecule has 1 aliphatic heterocycles. The van der Waals surface area contributed by atoms with Gasteiger partial charge in [0.1, 0.15) is 10.8 Å². The standard InChI is InChI=1S/C27H25FN4O6S2/c1-2-38-27(35)23-21-16-39-25(22(21)26(34)32(30-23)19-10-8-18(28)9-11-19)29-24(33)17-6-12-20(13-7-17)40(36,37)31-14-4-3-5-15-31/h6-13,16H,2-5,14-15H2,1H3,(H,29,33). The molecule has 3 heterocycles. The quantitative estimate of drug-likeness (QED) is 0.323. The first-order valence-corrected chi connectivity index (χ1v) is 14.9. The lowest BCUT2D eigenvalue weighted by atomic mass is 10.2. The lowest BCUT2D eigenvalue weighted by Crippen LogP contribution is -2.35. The van der Waals surface area contributed by atoms with Crippen LogP contribution in [0.5, 0.6) is 0 Å². The summed E-state index contributed by atoms with van der Waals surface area (Å²) in [5, 5.41) is 8.80. The molecule has 1 saturated heterocycles. The molecule has 2 aromatic heterocycles. The third-order valence-corrected chi connectivity index (χ3v) is 9.30. The monoisotopic (exact) mass is 584 g/mol. The summed E-state index contributed by atoms with van der Waals surface area (Å²) in [5.74, 6) is -1.85. The number of esters is 1. The molecule has 0 spiro atoms. The highest BCUT2D eigenvalue weighted by Crippen LogP contribution is 2.31. The summed E-state index contributed by atoms with van der Waals surface area (Å²) in [6, 6.07) is 10.6. The number of anilines is 1. The van der Waals surface area contributed by atoms with Gasteiger partial charge in [-0.05, 0) is 68.3 Å². The summed E-state index contributed by atoms with van der Waals surface area (Å²) < 4.78 is 46.9. The van der Waals surface area contributed by atoms with Gasteiger partial charge in [-0.15, -0.1) is 11.3 Å². The normalized spacial score (nSPS) is 14.2. The Balaban J connectivity index is 1.49. The molecule has 208 valence electrons. The zero-order valence-corrected chi connectivity index (χ0v) is 23.1. The zero-order chi connectivity index (χ0) is 28.4. The van der Waals surface area contributed by atoms with Crippen LogP contribution in [-0.2, 0) is 14.8 Å². The summed E-state index contributed by atoms with van der Waals surface area (Å²) in [6.07, 6.45) is 2.62. The van der Waals surface area contributed by atoms with E-state index in [1.54, 1.807) is 6.92 Å². The molecule has 5 rings (SSSR count). The van der Waals surface area contributed by atoms with Crippen molar-refractivity contribution in [2.75, 3.05) is 25.0 Å². The molecule has 0 saturated carbocycles. The average molecular weight is 585 g/mol. The number of aromatic nitrogens is 2. The van der Waals surface area contributed by atoms with Crippen LogP contribution < -0.4 is 10.9 Å². The molecule has 0 atom stereocenters. The molecular weight excluding hydrogens is 559 g/mol. The number of rotatable bonds is 7. The number of nitrogens with one attached hydrogen (secondary N) is 1. The van der Waals surface area contributed by atoms with Gasteiger partial charge in [0, 0.05) is 29.4 Å². The second-order valence-electron chi connectivity index (χ2n) is 9.06. The number of fused-ring (bicyclic) bond motifs is 1. The molecular formula is C27H25FN4O6S2. The third kappa shape index (κ3) is 5.27. The number of hydrogen-bond acceptors (Lipinski definition) is 8. The van der Waals surface area contributed by atoms with Crippen LogP contribution in [0, 0.1) is 5.82 Å². The minimum Gasteiger partial charge on any atom is -0.461 e. The number of carbonyl (C=O) groups is 2. The first kappa shape index (κ1) is 27.6. The van der Waals surface area contributed by atoms with Gasteiger partial charge >= 0.3 is 5.97 Å². The predicted octanol–water partition coefficient (Wildman–Crippen LogP) is 4.19. The fourth-order valence-corrected chi connectivity index (χ4v) is 6.91. The second-order valence-corrected chi connectivity index (χ2v) is 11.9. The lowest BCUT2D eigenvalue weighted by molar-refractivity contribution is 0.0519. The number of halogens is 1. The largest absolute Gasteiger partial charge is 0.461 e. The van der Waals surface area contributed by atoms with Crippen molar-refractivity contribution < 1.29 is 27.1 Å². The fourth-order valence-electron chi connectivity index (χ4n) is 4.46. The molecule has 1 amide bonds. The summed E-state index contributed by atoms with van der Waals surface area (Å²) in [5.41, 5.74) is -0.371. The van der Waals surface area contributed by atoms with Gasteiger partial charge in [-0.1, -0.05) is 6.42 Å². The van der Waals surface area contributed by atoms with Crippen LogP contribution in [0.15, 0.2) is 63.6 Å². The van der Waals surface area contributed by atoms with E-state index < -0.39 is 33.3 Å². The molecule has 2 aromatic carbocycles. The average Bonchev–Trinajstić information content (AvgIpc) is 3.38. The van der Waals surface area contributed by atoms with Crippen molar-refractivity contribution in [3.05, 3.63) is 81.3 Å². The van der Waals surface area contributed by atoms with Gasteiger partial charge < -0.3 is 10.1 Å². The molecule has 0 aliphatic carbocycles. The lowest BCUT2D eigenvalue weighted by Gasteiger charge is -2.25. The van der Waals surface area contributed by atoms with Crippen LogP contribution in [0.4, 0.5) is 9.39 Å². The van der Waals surface area contributed by atoms with Crippen LogP contribution in [0.3, 0.4) is 0 Å². The first-order valence-electron chi connectivity index (χ1n) is 12.6. The highest BCUT2D eigenvalue weighted by Gasteiger charge is 2.27. The molecule has 13 heteroatoms. The molecule has 10 nitrogen and oxygen atoms in total. The van der Waals surface area contributed by atoms with Gasteiger partial charge in [-0.25, -0.2) is 17.6 Å². The number of benzene rings is 2. The van der Waals surface area contributed by atoms with E-state index in [4.69, 9.17) is 4.74 Å². The van der Waals surface area contributed by atoms with Crippen LogP contribution in [-0.4, -0.2) is 54.1 Å². The molecule has 4 aromatic rings. The van der Waals surface area contributed by atoms with E-state index in [9.17, 15) is 27.2 Å². The van der Waals surface area contributed by atoms with Gasteiger partial charge in [0.2, 0.25) is 10.0 Å². The van der Waals surface area contributed by atoms with Crippen LogP contribution in [0.1, 0.15) is 47.0 Å². The Morgan fingerprint density at radius 1 is 1.05 bits per heavy atom. The van der Waals surface area contributed by atoms with Crippen LogP contribution >= 0.6 is 11.3 Å². The van der Waals surface area contributed by atoms with Crippen LogP contribution in [0.25, 0.3) is 16.5 Å². The van der Waals surface area contributed by atoms with Gasteiger partial charge in [-0.2, -0.15) is 14.1 Å². The Morgan fingerprint density at radius 3 is 2.38 bits per heavy atom. The zero-order valence-electron chi connectivity index (χ0n) is 21.4. The van der Waals surface area contributed by atoms with Crippen molar-refractivity contribution in [1.82, 2.24) is 14.1 Å². The number of carbonyl (C=O) groups excluding carboxylic acids is 2. The molecule has 0 unspecified atom stereocenters. The maximum absolute atomic E-state index is 13.5. The van der Waals surface area contributed by atoms with E-state index in [0.29, 0.717) is 13.1 Å². The van der Waals surface area contributed by atoms with E-state index >= 15 is 0 Å². The highest BCUT2D eigenvalue weighted by molar-refractivity contribution is 7.89. The van der Waals surface area contributed by atoms with Crippen molar-refractivity contribution in [3.63, 3.8) is 0 Å². The Hall–Kier alpha value is -3.94. The van der Waals surface area contributed by atoms with Crippen molar-refractivity contribution >= 4 is 49.0 Å². The topological polar surface area (TPSA) is 128 Å². The van der Waals surface area contributed by atoms with Gasteiger partial charge in [-0.3, -0.25) is 9.59 Å². The van der Waals surface area contributed by atoms with Crippen LogP contribution in [0.2, 0.25) is 0 Å². The van der Waals surface area contributed by atoms with Crippen molar-refractivity contribution in [1.29, 1.82) is 0 Å². The number of sulfonamides is 1. The summed E-state index contributed by atoms with van der Waals surface area (Å²) >= 11 is 1.03. The van der Waals surface area contributed by atoms with Gasteiger partial charge in [0.05, 0.1) is 22.6 Å². The SMILES string of the molecule is CCOC(=O)c1nn(-c2ccc(F)cc2)c(=O)c2c(NC(=O)c3ccc(S(=O)(=O)N4CCCCC4)cc3)scc12. The number of hydrogen-bond donors (Lipinski definition) is 1. The molecule has 1 N–H and O–H groups in total. The van der Waals surface area contributed by atoms with E-state index in [1.807, 2.05) is 0 Å². The predicted molar refractivity (Wildman–Crippen MR) is 148 cm³/mol. The fraction of sp³-hybridized carbons (Fsp3) is 0.259. The number of amides is 1. The molecule has 0 radical (unpaired) electrons. The second kappa shape index (κ2) is 11.3. The minimum atomic E-state index is -3.66. The summed E-state index contributed by atoms with van der Waals surface area (Å²) in [4.78, 5) is 39.4. The van der Waals surface area contributed by atoms with Crippen molar-refractivity contribution in [2.24, 2.45) is 0 Å². The van der Waals surface area contributed by atoms with E-state index in [-0.39, 0.29) is 44.2 Å². The Morgan fingerprint density at radius 2 is 1.73 bits per heavy atom. The molecule has 40 heavy (non-hydrogen) atoms. The van der Waals surface area contributed by atoms with Gasteiger partial charge in [0.25, 0.3) is 11.5 Å². The summed E-state index contributed by atoms with van der Waals surface area (Å²) in [6.45, 7) is 2.64. The number of thiophene rings is 1. The van der Waals surface area contributed by atoms with E-state index in [1.165, 1.54) is 46.1 Å². The highest BCUT2D eigenvalue weighted by atomic mass is 32.2. The first-order chi connectivity index (χ1) is 19.2. The summed E-state index contributed by atoms with van der Waals surface area (Å²) in [7, 11) is -3.66. The third-order valence-electron chi connectivity index (χ3n) is 6.49. The minimum absolute atomic E-state index is 0.0324. The number of nitrogens with zero attached hydrogens (tertiary/aromatic N) is 3. The number of ether oxygens (including phenoxy) is 1. The van der Waals surface area contributed by atoms with Crippen molar-refractivity contribution in [3.8, 4) is 5.69 Å². The van der Waals surface area contributed by atoms with E-state index in [0.717, 1.165) is 47.4 Å². The maximum Gasteiger partial charge on any atom is 0.359 e. The number of piperidine rings is 1. The Labute approximate surface area is 233 Å². The van der Waals surface area contributed by atoms with E-state index in [2.05, 4.69) is 10.4 Å². The molecule has 0 bridgehead atoms. The molecule has 1 fully saturated rings. The maximum atomic E-state index is 13.5. The van der Waals surface area contributed by atoms with Crippen molar-refractivity contribution in [2.45, 2.75) is 31.1 Å². The smallest absolute Gasteiger partial charge is 0.359 e. The molecule has 1 aliphatic rings.